The van der Waals surface area contributed by atoms with Crippen molar-refractivity contribution in [2.45, 2.75) is 2.14 Å². The third kappa shape index (κ3) is 3.03. The molecular weight excluding hydrogens is 422 g/mol. The maximum absolute atomic E-state index is 9.09. The molecule has 0 amide bonds. The van der Waals surface area contributed by atoms with E-state index in [-0.39, 0.29) is 0 Å². The monoisotopic (exact) mass is 427 g/mol. The van der Waals surface area contributed by atoms with E-state index in [0.29, 0.717) is 5.56 Å². The van der Waals surface area contributed by atoms with Crippen LogP contribution in [0.2, 0.25) is 0 Å². The number of nitrogens with zero attached hydrogens (tertiary/aromatic N) is 1. The average Bonchev–Trinajstić information content (AvgIpc) is 2.38. The summed E-state index contributed by atoms with van der Waals surface area (Å²) >= 11 is 10.4. The number of hydrogen-bond donors (Lipinski definition) is 0. The highest BCUT2D eigenvalue weighted by atomic mass is 80.0. The first-order valence-corrected chi connectivity index (χ1v) is 7.57. The van der Waals surface area contributed by atoms with E-state index in [0.717, 1.165) is 16.7 Å². The van der Waals surface area contributed by atoms with Crippen molar-refractivity contribution in [3.05, 3.63) is 59.7 Å². The third-order valence-electron chi connectivity index (χ3n) is 2.57. The summed E-state index contributed by atoms with van der Waals surface area (Å²) in [5.41, 5.74) is 3.73. The fraction of sp³-hybridized carbons (Fsp3) is 0.0714. The first-order valence-electron chi connectivity index (χ1n) is 5.19. The summed E-state index contributed by atoms with van der Waals surface area (Å²) in [6, 6.07) is 17.8. The lowest BCUT2D eigenvalue weighted by Gasteiger charge is -2.13. The first kappa shape index (κ1) is 13.8. The lowest BCUT2D eigenvalue weighted by Crippen LogP contribution is -1.96. The van der Waals surface area contributed by atoms with Crippen molar-refractivity contribution in [3.63, 3.8) is 0 Å². The fourth-order valence-electron chi connectivity index (χ4n) is 1.67. The van der Waals surface area contributed by atoms with E-state index in [1.807, 2.05) is 48.5 Å². The lowest BCUT2D eigenvalue weighted by molar-refractivity contribution is 1.37. The maximum Gasteiger partial charge on any atom is 0.159 e. The molecule has 90 valence electrons. The van der Waals surface area contributed by atoms with Gasteiger partial charge in [-0.25, -0.2) is 0 Å². The minimum atomic E-state index is -0.403. The van der Waals surface area contributed by atoms with Crippen molar-refractivity contribution < 1.29 is 0 Å². The van der Waals surface area contributed by atoms with Crippen LogP contribution >= 0.6 is 47.8 Å². The Morgan fingerprint density at radius 2 is 1.50 bits per heavy atom. The highest BCUT2D eigenvalue weighted by Crippen LogP contribution is 2.44. The van der Waals surface area contributed by atoms with Crippen LogP contribution in [0.1, 0.15) is 11.1 Å². The van der Waals surface area contributed by atoms with Gasteiger partial charge in [-0.05, 0) is 22.8 Å². The molecule has 0 radical (unpaired) electrons. The first-order chi connectivity index (χ1) is 8.52. The number of hydrogen-bond acceptors (Lipinski definition) is 1. The molecular formula is C14H8Br3N. The van der Waals surface area contributed by atoms with Gasteiger partial charge in [-0.15, -0.1) is 0 Å². The second kappa shape index (κ2) is 5.56. The van der Waals surface area contributed by atoms with E-state index in [1.165, 1.54) is 0 Å². The molecule has 18 heavy (non-hydrogen) atoms. The number of nitriles is 1. The van der Waals surface area contributed by atoms with Gasteiger partial charge in [0.1, 0.15) is 0 Å². The molecule has 0 heterocycles. The Kier molecular flexibility index (Phi) is 4.26. The van der Waals surface area contributed by atoms with Gasteiger partial charge in [-0.2, -0.15) is 5.26 Å². The molecule has 0 aromatic heterocycles. The molecule has 0 unspecified atom stereocenters. The Morgan fingerprint density at radius 3 is 2.06 bits per heavy atom. The van der Waals surface area contributed by atoms with Crippen LogP contribution in [0.5, 0.6) is 0 Å². The molecule has 0 bridgehead atoms. The van der Waals surface area contributed by atoms with Crippen LogP contribution in [-0.2, 0) is 2.14 Å². The van der Waals surface area contributed by atoms with Crippen molar-refractivity contribution >= 4 is 47.8 Å². The summed E-state index contributed by atoms with van der Waals surface area (Å²) in [5.74, 6) is 0. The van der Waals surface area contributed by atoms with Gasteiger partial charge < -0.3 is 0 Å². The van der Waals surface area contributed by atoms with Crippen molar-refractivity contribution in [1.29, 1.82) is 5.26 Å². The highest BCUT2D eigenvalue weighted by Gasteiger charge is 2.20. The third-order valence-corrected chi connectivity index (χ3v) is 3.94. The minimum Gasteiger partial charge on any atom is -0.192 e. The Balaban J connectivity index is 2.45. The summed E-state index contributed by atoms with van der Waals surface area (Å²) in [6.07, 6.45) is 0. The molecule has 4 heteroatoms. The molecule has 2 rings (SSSR count). The SMILES string of the molecule is N#Cc1ccccc1-c1ccc(C(Br)(Br)Br)cc1. The minimum absolute atomic E-state index is 0.403. The normalized spacial score (nSPS) is 11.0. The van der Waals surface area contributed by atoms with Crippen LogP contribution in [0.15, 0.2) is 48.5 Å². The summed E-state index contributed by atoms with van der Waals surface area (Å²) in [5, 5.41) is 9.09. The van der Waals surface area contributed by atoms with E-state index >= 15 is 0 Å². The quantitative estimate of drug-likeness (QED) is 0.547. The van der Waals surface area contributed by atoms with Crippen LogP contribution in [0.25, 0.3) is 11.1 Å². The van der Waals surface area contributed by atoms with Gasteiger partial charge in [0.25, 0.3) is 0 Å². The number of halogens is 3. The highest BCUT2D eigenvalue weighted by molar-refractivity contribution is 9.38. The van der Waals surface area contributed by atoms with Gasteiger partial charge >= 0.3 is 0 Å². The largest absolute Gasteiger partial charge is 0.192 e. The van der Waals surface area contributed by atoms with Crippen LogP contribution < -0.4 is 0 Å². The molecule has 2 aromatic rings. The van der Waals surface area contributed by atoms with Crippen LogP contribution in [-0.4, -0.2) is 0 Å². The predicted octanol–water partition coefficient (Wildman–Crippen LogP) is 5.52. The molecule has 0 fully saturated rings. The Hall–Kier alpha value is -0.630. The molecule has 2 aromatic carbocycles. The van der Waals surface area contributed by atoms with Crippen LogP contribution in [0.4, 0.5) is 0 Å². The molecule has 1 nitrogen and oxygen atoms in total. The van der Waals surface area contributed by atoms with Gasteiger partial charge in [0, 0.05) is 0 Å². The van der Waals surface area contributed by atoms with Gasteiger partial charge in [0.05, 0.1) is 11.6 Å². The zero-order valence-corrected chi connectivity index (χ0v) is 14.0. The maximum atomic E-state index is 9.09. The van der Waals surface area contributed by atoms with Gasteiger partial charge in [-0.3, -0.25) is 0 Å². The van der Waals surface area contributed by atoms with Crippen LogP contribution in [0.3, 0.4) is 0 Å². The molecule has 0 atom stereocenters. The van der Waals surface area contributed by atoms with E-state index < -0.39 is 2.14 Å². The van der Waals surface area contributed by atoms with Crippen molar-refractivity contribution in [1.82, 2.24) is 0 Å². The van der Waals surface area contributed by atoms with Gasteiger partial charge in [-0.1, -0.05) is 90.3 Å². The smallest absolute Gasteiger partial charge is 0.159 e. The standard InChI is InChI=1S/C14H8Br3N/c15-14(16,17)12-7-5-10(6-8-12)13-4-2-1-3-11(13)9-18/h1-8H. The molecule has 0 spiro atoms. The summed E-state index contributed by atoms with van der Waals surface area (Å²) < 4.78 is -0.403. The molecule has 0 saturated heterocycles. The average molecular weight is 430 g/mol. The Morgan fingerprint density at radius 1 is 0.889 bits per heavy atom. The van der Waals surface area contributed by atoms with Gasteiger partial charge in [0.2, 0.25) is 0 Å². The lowest BCUT2D eigenvalue weighted by atomic mass is 10.00. The van der Waals surface area contributed by atoms with E-state index in [1.54, 1.807) is 0 Å². The van der Waals surface area contributed by atoms with E-state index in [2.05, 4.69) is 53.9 Å². The fourth-order valence-corrected chi connectivity index (χ4v) is 2.46. The topological polar surface area (TPSA) is 23.8 Å². The summed E-state index contributed by atoms with van der Waals surface area (Å²) in [7, 11) is 0. The second-order valence-electron chi connectivity index (χ2n) is 3.73. The van der Waals surface area contributed by atoms with Crippen LogP contribution in [0, 0.1) is 11.3 Å². The molecule has 0 saturated carbocycles. The zero-order valence-electron chi connectivity index (χ0n) is 9.20. The zero-order chi connectivity index (χ0) is 13.2. The Labute approximate surface area is 131 Å². The van der Waals surface area contributed by atoms with E-state index in [4.69, 9.17) is 5.26 Å². The van der Waals surface area contributed by atoms with Crippen molar-refractivity contribution in [2.24, 2.45) is 0 Å². The van der Waals surface area contributed by atoms with Gasteiger partial charge in [0.15, 0.2) is 2.14 Å². The molecule has 0 aliphatic carbocycles. The molecule has 0 N–H and O–H groups in total. The summed E-state index contributed by atoms with van der Waals surface area (Å²) in [6.45, 7) is 0. The predicted molar refractivity (Wildman–Crippen MR) is 85.1 cm³/mol. The molecule has 0 aliphatic heterocycles. The van der Waals surface area contributed by atoms with Crippen molar-refractivity contribution in [2.75, 3.05) is 0 Å². The summed E-state index contributed by atoms with van der Waals surface area (Å²) in [4.78, 5) is 0. The Bertz CT molecular complexity index is 592. The van der Waals surface area contributed by atoms with E-state index in [9.17, 15) is 0 Å². The number of rotatable bonds is 1. The second-order valence-corrected chi connectivity index (χ2v) is 10.5. The molecule has 0 aliphatic rings. The number of alkyl halides is 3. The van der Waals surface area contributed by atoms with Crippen molar-refractivity contribution in [3.8, 4) is 17.2 Å². The number of benzene rings is 2.